The highest BCUT2D eigenvalue weighted by molar-refractivity contribution is 7.91. The van der Waals surface area contributed by atoms with Crippen molar-refractivity contribution >= 4 is 27.4 Å². The number of rotatable bonds is 6. The molecule has 0 aliphatic carbocycles. The maximum atomic E-state index is 13.8. The molecule has 1 fully saturated rings. The lowest BCUT2D eigenvalue weighted by atomic mass is 10.1. The SMILES string of the molecule is CCC(c1ccccc1)S(=O)(=O)c1cc(C(=O)N=C(N)N)ccc1N1CCCCC1. The van der Waals surface area contributed by atoms with Gasteiger partial charge in [-0.25, -0.2) is 8.42 Å². The molecule has 1 aliphatic rings. The molecule has 3 rings (SSSR count). The summed E-state index contributed by atoms with van der Waals surface area (Å²) in [6.07, 6.45) is 3.55. The van der Waals surface area contributed by atoms with E-state index in [4.69, 9.17) is 11.5 Å². The van der Waals surface area contributed by atoms with Crippen molar-refractivity contribution in [1.29, 1.82) is 0 Å². The summed E-state index contributed by atoms with van der Waals surface area (Å²) in [4.78, 5) is 18.2. The molecule has 0 saturated carbocycles. The minimum atomic E-state index is -3.77. The van der Waals surface area contributed by atoms with E-state index < -0.39 is 21.0 Å². The van der Waals surface area contributed by atoms with Crippen LogP contribution in [0.15, 0.2) is 58.4 Å². The normalized spacial score (nSPS) is 15.4. The Kier molecular flexibility index (Phi) is 6.77. The number of nitrogens with two attached hydrogens (primary N) is 2. The van der Waals surface area contributed by atoms with Crippen LogP contribution in [0.2, 0.25) is 0 Å². The first-order valence-corrected chi connectivity index (χ1v) is 11.7. The van der Waals surface area contributed by atoms with Crippen molar-refractivity contribution < 1.29 is 13.2 Å². The average Bonchev–Trinajstić information content (AvgIpc) is 2.74. The van der Waals surface area contributed by atoms with Crippen LogP contribution in [0.25, 0.3) is 0 Å². The molecule has 1 unspecified atom stereocenters. The summed E-state index contributed by atoms with van der Waals surface area (Å²) in [5.74, 6) is -1.02. The van der Waals surface area contributed by atoms with Crippen LogP contribution in [0.4, 0.5) is 5.69 Å². The van der Waals surface area contributed by atoms with Gasteiger partial charge < -0.3 is 16.4 Å². The zero-order valence-electron chi connectivity index (χ0n) is 17.1. The number of piperidine rings is 1. The fraction of sp³-hybridized carbons (Fsp3) is 0.364. The number of benzene rings is 2. The predicted molar refractivity (Wildman–Crippen MR) is 119 cm³/mol. The highest BCUT2D eigenvalue weighted by Crippen LogP contribution is 2.38. The van der Waals surface area contributed by atoms with Gasteiger partial charge in [0.15, 0.2) is 15.8 Å². The third-order valence-corrected chi connectivity index (χ3v) is 7.65. The highest BCUT2D eigenvalue weighted by Gasteiger charge is 2.32. The van der Waals surface area contributed by atoms with Gasteiger partial charge in [0.2, 0.25) is 0 Å². The van der Waals surface area contributed by atoms with Gasteiger partial charge in [-0.3, -0.25) is 4.79 Å². The van der Waals surface area contributed by atoms with Crippen LogP contribution in [-0.4, -0.2) is 33.4 Å². The molecule has 0 radical (unpaired) electrons. The number of hydrogen-bond acceptors (Lipinski definition) is 4. The first-order valence-electron chi connectivity index (χ1n) is 10.2. The van der Waals surface area contributed by atoms with E-state index >= 15 is 0 Å². The topological polar surface area (TPSA) is 119 Å². The largest absolute Gasteiger partial charge is 0.370 e. The fourth-order valence-electron chi connectivity index (χ4n) is 3.91. The summed E-state index contributed by atoms with van der Waals surface area (Å²) >= 11 is 0. The van der Waals surface area contributed by atoms with E-state index in [2.05, 4.69) is 9.89 Å². The Balaban J connectivity index is 2.15. The Labute approximate surface area is 177 Å². The summed E-state index contributed by atoms with van der Waals surface area (Å²) in [7, 11) is -3.77. The molecule has 0 bridgehead atoms. The summed E-state index contributed by atoms with van der Waals surface area (Å²) in [6, 6.07) is 13.9. The summed E-state index contributed by atoms with van der Waals surface area (Å²) < 4.78 is 27.6. The zero-order valence-corrected chi connectivity index (χ0v) is 17.9. The van der Waals surface area contributed by atoms with Crippen LogP contribution in [-0.2, 0) is 9.84 Å². The lowest BCUT2D eigenvalue weighted by Crippen LogP contribution is -2.31. The molecule has 1 aliphatic heterocycles. The van der Waals surface area contributed by atoms with E-state index in [0.29, 0.717) is 12.1 Å². The quantitative estimate of drug-likeness (QED) is 0.539. The first kappa shape index (κ1) is 21.8. The van der Waals surface area contributed by atoms with Gasteiger partial charge in [-0.2, -0.15) is 4.99 Å². The van der Waals surface area contributed by atoms with Gasteiger partial charge in [0.1, 0.15) is 0 Å². The Morgan fingerprint density at radius 2 is 1.73 bits per heavy atom. The number of hydrogen-bond donors (Lipinski definition) is 2. The summed E-state index contributed by atoms with van der Waals surface area (Å²) in [5, 5.41) is -0.712. The van der Waals surface area contributed by atoms with E-state index in [1.165, 1.54) is 6.07 Å². The molecular weight excluding hydrogens is 400 g/mol. The van der Waals surface area contributed by atoms with Gasteiger partial charge in [0, 0.05) is 18.7 Å². The van der Waals surface area contributed by atoms with E-state index in [1.807, 2.05) is 37.3 Å². The van der Waals surface area contributed by atoms with Gasteiger partial charge in [-0.05, 0) is 49.4 Å². The van der Waals surface area contributed by atoms with Gasteiger partial charge in [0.25, 0.3) is 5.91 Å². The van der Waals surface area contributed by atoms with Crippen molar-refractivity contribution in [3.8, 4) is 0 Å². The lowest BCUT2D eigenvalue weighted by Gasteiger charge is -2.31. The smallest absolute Gasteiger partial charge is 0.280 e. The standard InChI is InChI=1S/C22H28N4O3S/c1-2-19(16-9-5-3-6-10-16)30(28,29)20-15-17(21(27)25-22(23)24)11-12-18(20)26-13-7-4-8-14-26/h3,5-6,9-12,15,19H,2,4,7-8,13-14H2,1H3,(H4,23,24,25,27). The van der Waals surface area contributed by atoms with Crippen LogP contribution in [0.5, 0.6) is 0 Å². The molecular formula is C22H28N4O3S. The van der Waals surface area contributed by atoms with Crippen LogP contribution < -0.4 is 16.4 Å². The average molecular weight is 429 g/mol. The van der Waals surface area contributed by atoms with E-state index in [0.717, 1.165) is 37.9 Å². The Bertz CT molecular complexity index is 1030. The minimum Gasteiger partial charge on any atom is -0.370 e. The molecule has 0 spiro atoms. The first-order chi connectivity index (χ1) is 14.3. The van der Waals surface area contributed by atoms with E-state index in [1.54, 1.807) is 12.1 Å². The van der Waals surface area contributed by atoms with Crippen LogP contribution in [0, 0.1) is 0 Å². The summed E-state index contributed by atoms with van der Waals surface area (Å²) in [6.45, 7) is 3.42. The molecule has 160 valence electrons. The van der Waals surface area contributed by atoms with Crippen LogP contribution in [0.1, 0.15) is 53.8 Å². The minimum absolute atomic E-state index is 0.144. The zero-order chi connectivity index (χ0) is 21.7. The number of amides is 1. The maximum Gasteiger partial charge on any atom is 0.280 e. The molecule has 7 nitrogen and oxygen atoms in total. The van der Waals surface area contributed by atoms with E-state index in [9.17, 15) is 13.2 Å². The predicted octanol–water partition coefficient (Wildman–Crippen LogP) is 3.02. The number of carbonyl (C=O) groups is 1. The number of sulfone groups is 1. The number of guanidine groups is 1. The Hall–Kier alpha value is -2.87. The molecule has 8 heteroatoms. The molecule has 4 N–H and O–H groups in total. The second-order valence-corrected chi connectivity index (χ2v) is 9.52. The van der Waals surface area contributed by atoms with Gasteiger partial charge in [0.05, 0.1) is 15.8 Å². The van der Waals surface area contributed by atoms with Crippen LogP contribution >= 0.6 is 0 Å². The van der Waals surface area contributed by atoms with Crippen molar-refractivity contribution in [3.63, 3.8) is 0 Å². The second-order valence-electron chi connectivity index (χ2n) is 7.42. The van der Waals surface area contributed by atoms with Crippen molar-refractivity contribution in [1.82, 2.24) is 0 Å². The Morgan fingerprint density at radius 1 is 1.07 bits per heavy atom. The lowest BCUT2D eigenvalue weighted by molar-refractivity contribution is 0.100. The molecule has 30 heavy (non-hydrogen) atoms. The summed E-state index contributed by atoms with van der Waals surface area (Å²) in [5.41, 5.74) is 12.2. The van der Waals surface area contributed by atoms with E-state index in [-0.39, 0.29) is 16.4 Å². The molecule has 1 saturated heterocycles. The number of aliphatic imine (C=N–C) groups is 1. The third-order valence-electron chi connectivity index (χ3n) is 5.36. The highest BCUT2D eigenvalue weighted by atomic mass is 32.2. The van der Waals surface area contributed by atoms with Crippen molar-refractivity contribution in [2.45, 2.75) is 42.8 Å². The molecule has 1 atom stereocenters. The van der Waals surface area contributed by atoms with Gasteiger partial charge >= 0.3 is 0 Å². The second kappa shape index (κ2) is 9.30. The molecule has 2 aromatic carbocycles. The third kappa shape index (κ3) is 4.64. The molecule has 0 aromatic heterocycles. The Morgan fingerprint density at radius 3 is 2.33 bits per heavy atom. The number of nitrogens with zero attached hydrogens (tertiary/aromatic N) is 2. The molecule has 1 amide bonds. The van der Waals surface area contributed by atoms with Crippen LogP contribution in [0.3, 0.4) is 0 Å². The van der Waals surface area contributed by atoms with Gasteiger partial charge in [-0.15, -0.1) is 0 Å². The van der Waals surface area contributed by atoms with Crippen molar-refractivity contribution in [2.24, 2.45) is 16.5 Å². The maximum absolute atomic E-state index is 13.8. The number of anilines is 1. The molecule has 2 aromatic rings. The van der Waals surface area contributed by atoms with Crippen molar-refractivity contribution in [2.75, 3.05) is 18.0 Å². The number of carbonyl (C=O) groups excluding carboxylic acids is 1. The van der Waals surface area contributed by atoms with Gasteiger partial charge in [-0.1, -0.05) is 37.3 Å². The van der Waals surface area contributed by atoms with Crippen molar-refractivity contribution in [3.05, 3.63) is 59.7 Å². The monoisotopic (exact) mass is 428 g/mol. The fourth-order valence-corrected chi connectivity index (χ4v) is 5.95. The molecule has 1 heterocycles.